The van der Waals surface area contributed by atoms with Crippen LogP contribution in [0.3, 0.4) is 0 Å². The Labute approximate surface area is 139 Å². The lowest BCUT2D eigenvalue weighted by Crippen LogP contribution is -2.29. The lowest BCUT2D eigenvalue weighted by Gasteiger charge is -2.17. The Kier molecular flexibility index (Phi) is 5.20. The topological polar surface area (TPSA) is 88.3 Å². The number of carbonyl (C=O) groups is 1. The average Bonchev–Trinajstić information content (AvgIpc) is 3.09. The van der Waals surface area contributed by atoms with Gasteiger partial charge in [0.15, 0.2) is 11.9 Å². The van der Waals surface area contributed by atoms with Crippen molar-refractivity contribution in [2.75, 3.05) is 0 Å². The maximum absolute atomic E-state index is 12.9. The third-order valence-corrected chi connectivity index (χ3v) is 4.30. The van der Waals surface area contributed by atoms with Gasteiger partial charge < -0.3 is 14.9 Å². The van der Waals surface area contributed by atoms with Crippen molar-refractivity contribution in [3.05, 3.63) is 47.4 Å². The normalized spacial score (nSPS) is 16.8. The summed E-state index contributed by atoms with van der Waals surface area (Å²) in [5.74, 6) is 0.316. The second-order valence-electron chi connectivity index (χ2n) is 6.05. The maximum atomic E-state index is 12.9. The van der Waals surface area contributed by atoms with Crippen molar-refractivity contribution in [1.82, 2.24) is 15.5 Å². The molecule has 7 heteroatoms. The molecule has 3 rings (SSSR count). The van der Waals surface area contributed by atoms with Crippen LogP contribution >= 0.6 is 0 Å². The lowest BCUT2D eigenvalue weighted by atomic mass is 9.89. The van der Waals surface area contributed by atoms with Gasteiger partial charge in [0.2, 0.25) is 5.89 Å². The van der Waals surface area contributed by atoms with E-state index < -0.39 is 17.8 Å². The van der Waals surface area contributed by atoms with E-state index in [-0.39, 0.29) is 6.54 Å². The van der Waals surface area contributed by atoms with Gasteiger partial charge in [0.1, 0.15) is 5.82 Å². The molecule has 0 saturated heterocycles. The van der Waals surface area contributed by atoms with E-state index >= 15 is 0 Å². The van der Waals surface area contributed by atoms with Crippen molar-refractivity contribution in [2.24, 2.45) is 0 Å². The van der Waals surface area contributed by atoms with Crippen molar-refractivity contribution in [3.63, 3.8) is 0 Å². The minimum Gasteiger partial charge on any atom is -0.378 e. The lowest BCUT2D eigenvalue weighted by molar-refractivity contribution is -0.129. The Morgan fingerprint density at radius 1 is 1.29 bits per heavy atom. The first-order valence-electron chi connectivity index (χ1n) is 8.17. The zero-order valence-electron chi connectivity index (χ0n) is 13.2. The number of carbonyl (C=O) groups excluding carboxylic acids is 1. The predicted molar refractivity (Wildman–Crippen MR) is 83.3 cm³/mol. The Morgan fingerprint density at radius 3 is 2.71 bits per heavy atom. The number of nitrogens with one attached hydrogen (secondary N) is 1. The number of rotatable bonds is 5. The first-order chi connectivity index (χ1) is 11.6. The van der Waals surface area contributed by atoms with Crippen LogP contribution in [-0.4, -0.2) is 21.2 Å². The molecule has 24 heavy (non-hydrogen) atoms. The summed E-state index contributed by atoms with van der Waals surface area (Å²) in [6.45, 7) is 0.0524. The molecule has 1 aromatic carbocycles. The van der Waals surface area contributed by atoms with Crippen LogP contribution in [0, 0.1) is 5.82 Å². The Morgan fingerprint density at radius 2 is 2.00 bits per heavy atom. The number of benzene rings is 1. The van der Waals surface area contributed by atoms with Crippen molar-refractivity contribution in [1.29, 1.82) is 0 Å². The quantitative estimate of drug-likeness (QED) is 0.878. The fourth-order valence-electron chi connectivity index (χ4n) is 2.92. The molecule has 1 aliphatic rings. The van der Waals surface area contributed by atoms with Crippen molar-refractivity contribution in [3.8, 4) is 0 Å². The summed E-state index contributed by atoms with van der Waals surface area (Å²) in [6, 6.07) is 5.13. The highest BCUT2D eigenvalue weighted by atomic mass is 19.1. The Hall–Kier alpha value is -2.28. The molecule has 1 amide bonds. The van der Waals surface area contributed by atoms with Crippen LogP contribution in [0.5, 0.6) is 0 Å². The smallest absolute Gasteiger partial charge is 0.253 e. The molecule has 0 aliphatic heterocycles. The molecular formula is C17H20FN3O3. The van der Waals surface area contributed by atoms with E-state index in [1.54, 1.807) is 0 Å². The van der Waals surface area contributed by atoms with Crippen LogP contribution < -0.4 is 5.32 Å². The summed E-state index contributed by atoms with van der Waals surface area (Å²) < 4.78 is 18.0. The fourth-order valence-corrected chi connectivity index (χ4v) is 2.92. The van der Waals surface area contributed by atoms with Crippen LogP contribution in [0.25, 0.3) is 0 Å². The highest BCUT2D eigenvalue weighted by molar-refractivity contribution is 5.81. The highest BCUT2D eigenvalue weighted by Crippen LogP contribution is 2.30. The van der Waals surface area contributed by atoms with Gasteiger partial charge in [-0.15, -0.1) is 0 Å². The van der Waals surface area contributed by atoms with E-state index in [4.69, 9.17) is 4.52 Å². The molecule has 1 aromatic heterocycles. The largest absolute Gasteiger partial charge is 0.378 e. The van der Waals surface area contributed by atoms with E-state index in [0.717, 1.165) is 12.8 Å². The average molecular weight is 333 g/mol. The number of aromatic nitrogens is 2. The molecule has 1 heterocycles. The van der Waals surface area contributed by atoms with Crippen LogP contribution in [-0.2, 0) is 11.3 Å². The molecule has 0 radical (unpaired) electrons. The van der Waals surface area contributed by atoms with Crippen molar-refractivity contribution in [2.45, 2.75) is 50.7 Å². The number of halogens is 1. The van der Waals surface area contributed by atoms with Gasteiger partial charge in [-0.05, 0) is 30.5 Å². The molecule has 0 unspecified atom stereocenters. The fraction of sp³-hybridized carbons (Fsp3) is 0.471. The van der Waals surface area contributed by atoms with Crippen molar-refractivity contribution >= 4 is 5.91 Å². The third kappa shape index (κ3) is 3.97. The molecule has 1 aliphatic carbocycles. The zero-order valence-corrected chi connectivity index (χ0v) is 13.2. The number of aliphatic hydroxyl groups is 1. The van der Waals surface area contributed by atoms with Gasteiger partial charge in [-0.25, -0.2) is 4.39 Å². The number of nitrogens with zero attached hydrogens (tertiary/aromatic N) is 2. The summed E-state index contributed by atoms with van der Waals surface area (Å²) in [7, 11) is 0. The van der Waals surface area contributed by atoms with Crippen LogP contribution in [0.1, 0.15) is 61.4 Å². The summed E-state index contributed by atoms with van der Waals surface area (Å²) >= 11 is 0. The van der Waals surface area contributed by atoms with Crippen LogP contribution in [0.2, 0.25) is 0 Å². The maximum Gasteiger partial charge on any atom is 0.253 e. The highest BCUT2D eigenvalue weighted by Gasteiger charge is 2.22. The molecule has 2 N–H and O–H groups in total. The molecular weight excluding hydrogens is 313 g/mol. The number of amides is 1. The minimum atomic E-state index is -1.37. The molecule has 1 fully saturated rings. The van der Waals surface area contributed by atoms with Gasteiger partial charge in [0, 0.05) is 5.92 Å². The molecule has 1 atom stereocenters. The van der Waals surface area contributed by atoms with E-state index in [1.807, 2.05) is 0 Å². The second kappa shape index (κ2) is 7.53. The van der Waals surface area contributed by atoms with Gasteiger partial charge >= 0.3 is 0 Å². The molecule has 128 valence electrons. The van der Waals surface area contributed by atoms with Gasteiger partial charge in [-0.3, -0.25) is 4.79 Å². The zero-order chi connectivity index (χ0) is 16.9. The van der Waals surface area contributed by atoms with Gasteiger partial charge in [0.25, 0.3) is 5.91 Å². The van der Waals surface area contributed by atoms with Gasteiger partial charge in [0.05, 0.1) is 6.54 Å². The first kappa shape index (κ1) is 16.6. The Bertz CT molecular complexity index is 681. The third-order valence-electron chi connectivity index (χ3n) is 4.30. The summed E-state index contributed by atoms with van der Waals surface area (Å²) in [6.07, 6.45) is 4.36. The van der Waals surface area contributed by atoms with Crippen LogP contribution in [0.4, 0.5) is 4.39 Å². The molecule has 0 bridgehead atoms. The van der Waals surface area contributed by atoms with E-state index in [9.17, 15) is 14.3 Å². The molecule has 6 nitrogen and oxygen atoms in total. The van der Waals surface area contributed by atoms with Crippen LogP contribution in [0.15, 0.2) is 28.8 Å². The van der Waals surface area contributed by atoms with E-state index in [1.165, 1.54) is 43.5 Å². The number of hydrogen-bond donors (Lipinski definition) is 2. The standard InChI is InChI=1S/C17H20FN3O3/c18-13-8-6-11(7-9-13)15(22)17(23)19-10-14-20-16(21-24-14)12-4-2-1-3-5-12/h6-9,12,15,22H,1-5,10H2,(H,19,23)/t15-/m0/s1. The van der Waals surface area contributed by atoms with E-state index in [0.29, 0.717) is 23.2 Å². The van der Waals surface area contributed by atoms with Gasteiger partial charge in [-0.2, -0.15) is 4.98 Å². The number of hydrogen-bond acceptors (Lipinski definition) is 5. The monoisotopic (exact) mass is 333 g/mol. The molecule has 0 spiro atoms. The van der Waals surface area contributed by atoms with Crippen molar-refractivity contribution < 1.29 is 18.8 Å². The summed E-state index contributed by atoms with van der Waals surface area (Å²) in [4.78, 5) is 16.3. The number of aliphatic hydroxyl groups excluding tert-OH is 1. The summed E-state index contributed by atoms with van der Waals surface area (Å²) in [5, 5.41) is 16.5. The summed E-state index contributed by atoms with van der Waals surface area (Å²) in [5.41, 5.74) is 0.322. The van der Waals surface area contributed by atoms with E-state index in [2.05, 4.69) is 15.5 Å². The Balaban J connectivity index is 1.54. The second-order valence-corrected chi connectivity index (χ2v) is 6.05. The molecule has 1 saturated carbocycles. The van der Waals surface area contributed by atoms with Gasteiger partial charge in [-0.1, -0.05) is 36.6 Å². The SMILES string of the molecule is O=C(NCc1nc(C2CCCCC2)no1)[C@@H](O)c1ccc(F)cc1. The molecule has 2 aromatic rings. The predicted octanol–water partition coefficient (Wildman–Crippen LogP) is 2.61. The minimum absolute atomic E-state index is 0.0524. The first-order valence-corrected chi connectivity index (χ1v) is 8.17.